The molecule has 42 heavy (non-hydrogen) atoms. The third-order valence-corrected chi connectivity index (χ3v) is 7.38. The van der Waals surface area contributed by atoms with Gasteiger partial charge in [-0.1, -0.05) is 30.2 Å². The van der Waals surface area contributed by atoms with Crippen LogP contribution in [0.3, 0.4) is 0 Å². The lowest BCUT2D eigenvalue weighted by molar-refractivity contribution is -0.152. The monoisotopic (exact) mass is 606 g/mol. The molecule has 3 aromatic rings. The first-order valence-corrected chi connectivity index (χ1v) is 14.0. The Morgan fingerprint density at radius 2 is 2.12 bits per heavy atom. The molecule has 2 aromatic heterocycles. The van der Waals surface area contributed by atoms with E-state index < -0.39 is 47.6 Å². The highest BCUT2D eigenvalue weighted by Gasteiger charge is 2.38. The topological polar surface area (TPSA) is 194 Å². The molecule has 0 bridgehead atoms. The second-order valence-corrected chi connectivity index (χ2v) is 10.6. The largest absolute Gasteiger partial charge is 0.508 e. The van der Waals surface area contributed by atoms with Crippen molar-refractivity contribution in [3.8, 4) is 5.75 Å². The number of phenols is 1. The fourth-order valence-electron chi connectivity index (χ4n) is 4.77. The zero-order valence-electron chi connectivity index (χ0n) is 23.3. The predicted octanol–water partition coefficient (Wildman–Crippen LogP) is 1.10. The molecule has 2 unspecified atom stereocenters. The van der Waals surface area contributed by atoms with Gasteiger partial charge in [0.2, 0.25) is 0 Å². The molecule has 15 heteroatoms. The zero-order valence-corrected chi connectivity index (χ0v) is 24.0. The van der Waals surface area contributed by atoms with Gasteiger partial charge in [0.05, 0.1) is 43.2 Å². The summed E-state index contributed by atoms with van der Waals surface area (Å²) in [5.74, 6) is -1.88. The number of benzene rings is 1. The van der Waals surface area contributed by atoms with Crippen molar-refractivity contribution in [1.82, 2.24) is 29.9 Å². The van der Waals surface area contributed by atoms with Gasteiger partial charge in [-0.15, -0.1) is 5.10 Å². The van der Waals surface area contributed by atoms with Gasteiger partial charge in [0.1, 0.15) is 18.1 Å². The van der Waals surface area contributed by atoms with Gasteiger partial charge in [0.25, 0.3) is 5.56 Å². The number of carbonyl (C=O) groups is 1. The molecule has 0 spiro atoms. The van der Waals surface area contributed by atoms with Gasteiger partial charge in [0, 0.05) is 41.9 Å². The Morgan fingerprint density at radius 3 is 2.86 bits per heavy atom. The van der Waals surface area contributed by atoms with Crippen LogP contribution in [0.2, 0.25) is 5.02 Å². The highest BCUT2D eigenvalue weighted by atomic mass is 35.5. The zero-order chi connectivity index (χ0) is 30.4. The van der Waals surface area contributed by atoms with E-state index in [4.69, 9.17) is 21.1 Å². The second kappa shape index (κ2) is 14.1. The van der Waals surface area contributed by atoms with Crippen LogP contribution in [0, 0.1) is 12.8 Å². The molecular formula is C27H35ClN6O8. The van der Waals surface area contributed by atoms with Crippen molar-refractivity contribution < 1.29 is 29.6 Å². The van der Waals surface area contributed by atoms with E-state index in [1.54, 1.807) is 13.1 Å². The number of aryl methyl sites for hydroxylation is 1. The number of aliphatic hydroxyl groups excluding tert-OH is 2. The maximum Gasteiger partial charge on any atom is 0.330 e. The highest BCUT2D eigenvalue weighted by molar-refractivity contribution is 6.30. The molecule has 1 saturated heterocycles. The summed E-state index contributed by atoms with van der Waals surface area (Å²) in [6, 6.07) is 3.77. The number of ether oxygens (including phenoxy) is 2. The van der Waals surface area contributed by atoms with Gasteiger partial charge in [-0.25, -0.2) is 9.48 Å². The van der Waals surface area contributed by atoms with Crippen molar-refractivity contribution in [2.75, 3.05) is 19.8 Å². The summed E-state index contributed by atoms with van der Waals surface area (Å²) in [6.45, 7) is 3.58. The van der Waals surface area contributed by atoms with Crippen molar-refractivity contribution in [3.63, 3.8) is 0 Å². The van der Waals surface area contributed by atoms with Crippen LogP contribution in [-0.4, -0.2) is 71.7 Å². The quantitative estimate of drug-likeness (QED) is 0.138. The standard InChI is InChI=1S/C27H35ClN6O8/c1-3-4-7-41-26(39)19(24(37)18-8-16(28)5-6-21(18)36)11-29-10-17-13-34(32-31-17)20-9-23(42-22(20)14-35)33-12-15(2)25(38)30-27(33)40/h5-6,8,12-13,19-20,22-24,29,35-37H,3-4,7,9-11,14H2,1-2H3,(H,30,38,40)/t19?,20-,22+,23+,24?/m0/s1. The van der Waals surface area contributed by atoms with Crippen molar-refractivity contribution in [2.45, 2.75) is 64.1 Å². The van der Waals surface area contributed by atoms with Crippen LogP contribution in [0.15, 0.2) is 40.2 Å². The predicted molar refractivity (Wildman–Crippen MR) is 150 cm³/mol. The number of esters is 1. The number of phenolic OH excluding ortho intramolecular Hbond substituents is 1. The third-order valence-electron chi connectivity index (χ3n) is 7.14. The SMILES string of the molecule is CCCCOC(=O)C(CNCc1cn([C@H]2C[C@H](n3cc(C)c(=O)[nH]c3=O)O[C@@H]2CO)nn1)C(O)c1cc(Cl)ccc1O. The summed E-state index contributed by atoms with van der Waals surface area (Å²) >= 11 is 6.05. The smallest absolute Gasteiger partial charge is 0.330 e. The summed E-state index contributed by atoms with van der Waals surface area (Å²) < 4.78 is 14.1. The lowest BCUT2D eigenvalue weighted by atomic mass is 9.94. The summed E-state index contributed by atoms with van der Waals surface area (Å²) in [6.07, 6.45) is 2.05. The number of H-pyrrole nitrogens is 1. The van der Waals surface area contributed by atoms with Crippen LogP contribution < -0.4 is 16.6 Å². The van der Waals surface area contributed by atoms with Gasteiger partial charge < -0.3 is 30.1 Å². The molecule has 5 N–H and O–H groups in total. The number of aromatic hydroxyl groups is 1. The summed E-state index contributed by atoms with van der Waals surface area (Å²) in [7, 11) is 0. The molecule has 4 rings (SSSR count). The van der Waals surface area contributed by atoms with Crippen molar-refractivity contribution >= 4 is 17.6 Å². The van der Waals surface area contributed by atoms with Crippen molar-refractivity contribution in [1.29, 1.82) is 0 Å². The maximum absolute atomic E-state index is 12.9. The average Bonchev–Trinajstić information content (AvgIpc) is 3.61. The van der Waals surface area contributed by atoms with Crippen LogP contribution in [-0.2, 0) is 20.8 Å². The number of aromatic amines is 1. The number of unbranched alkanes of at least 4 members (excludes halogenated alkanes) is 1. The normalized spacial score (nSPS) is 20.0. The number of rotatable bonds is 13. The van der Waals surface area contributed by atoms with E-state index in [9.17, 15) is 29.7 Å². The van der Waals surface area contributed by atoms with E-state index in [1.165, 1.54) is 33.6 Å². The van der Waals surface area contributed by atoms with E-state index in [2.05, 4.69) is 20.6 Å². The lowest BCUT2D eigenvalue weighted by Gasteiger charge is -2.23. The van der Waals surface area contributed by atoms with E-state index in [-0.39, 0.29) is 44.0 Å². The molecule has 0 amide bonds. The number of hydrogen-bond acceptors (Lipinski definition) is 11. The Hall–Kier alpha value is -3.56. The van der Waals surface area contributed by atoms with Crippen molar-refractivity contribution in [3.05, 3.63) is 73.3 Å². The Balaban J connectivity index is 1.43. The average molecular weight is 607 g/mol. The first-order valence-electron chi connectivity index (χ1n) is 13.7. The first kappa shape index (κ1) is 31.4. The first-order chi connectivity index (χ1) is 20.1. The minimum atomic E-state index is -1.39. The molecule has 0 saturated carbocycles. The lowest BCUT2D eigenvalue weighted by Crippen LogP contribution is -2.34. The number of nitrogens with zero attached hydrogens (tertiary/aromatic N) is 4. The van der Waals surface area contributed by atoms with Gasteiger partial charge in [-0.2, -0.15) is 0 Å². The Bertz CT molecular complexity index is 1490. The van der Waals surface area contributed by atoms with Crippen LogP contribution in [0.4, 0.5) is 0 Å². The van der Waals surface area contributed by atoms with Crippen LogP contribution in [0.5, 0.6) is 5.75 Å². The van der Waals surface area contributed by atoms with Crippen molar-refractivity contribution in [2.24, 2.45) is 5.92 Å². The fourth-order valence-corrected chi connectivity index (χ4v) is 4.95. The minimum Gasteiger partial charge on any atom is -0.508 e. The van der Waals surface area contributed by atoms with Gasteiger partial charge in [-0.3, -0.25) is 19.1 Å². The minimum absolute atomic E-state index is 0.00665. The molecule has 1 aliphatic rings. The van der Waals surface area contributed by atoms with E-state index in [0.29, 0.717) is 22.7 Å². The molecule has 0 aliphatic carbocycles. The molecule has 1 aliphatic heterocycles. The number of aliphatic hydroxyl groups is 2. The number of halogens is 1. The van der Waals surface area contributed by atoms with Crippen LogP contribution in [0.1, 0.15) is 61.4 Å². The maximum atomic E-state index is 12.9. The van der Waals surface area contributed by atoms with Gasteiger partial charge in [0.15, 0.2) is 0 Å². The summed E-state index contributed by atoms with van der Waals surface area (Å²) in [5, 5.41) is 42.9. The third kappa shape index (κ3) is 7.25. The highest BCUT2D eigenvalue weighted by Crippen LogP contribution is 2.36. The molecule has 5 atom stereocenters. The molecular weight excluding hydrogens is 572 g/mol. The number of aromatic nitrogens is 5. The van der Waals surface area contributed by atoms with E-state index in [1.807, 2.05) is 6.92 Å². The molecule has 3 heterocycles. The number of nitrogens with one attached hydrogen (secondary N) is 2. The fraction of sp³-hybridized carbons (Fsp3) is 0.519. The van der Waals surface area contributed by atoms with Gasteiger partial charge >= 0.3 is 11.7 Å². The van der Waals surface area contributed by atoms with Crippen LogP contribution in [0.25, 0.3) is 0 Å². The summed E-state index contributed by atoms with van der Waals surface area (Å²) in [5.41, 5.74) is -0.140. The molecule has 14 nitrogen and oxygen atoms in total. The summed E-state index contributed by atoms with van der Waals surface area (Å²) in [4.78, 5) is 39.2. The van der Waals surface area contributed by atoms with E-state index in [0.717, 1.165) is 6.42 Å². The number of hydrogen-bond donors (Lipinski definition) is 5. The molecule has 1 aromatic carbocycles. The Labute approximate surface area is 245 Å². The second-order valence-electron chi connectivity index (χ2n) is 10.2. The van der Waals surface area contributed by atoms with E-state index >= 15 is 0 Å². The molecule has 1 fully saturated rings. The molecule has 228 valence electrons. The van der Waals surface area contributed by atoms with Gasteiger partial charge in [-0.05, 0) is 31.5 Å². The Kier molecular flexibility index (Phi) is 10.5. The van der Waals surface area contributed by atoms with Crippen LogP contribution >= 0.6 is 11.6 Å². The Morgan fingerprint density at radius 1 is 1.33 bits per heavy atom. The molecule has 0 radical (unpaired) electrons. The number of carbonyl (C=O) groups excluding carboxylic acids is 1.